The smallest absolute Gasteiger partial charge is 0.215 e. The fourth-order valence-corrected chi connectivity index (χ4v) is 3.33. The fourth-order valence-electron chi connectivity index (χ4n) is 0.751. The van der Waals surface area contributed by atoms with Crippen molar-refractivity contribution in [1.29, 1.82) is 0 Å². The van der Waals surface area contributed by atoms with E-state index in [2.05, 4.69) is 44.7 Å². The molecular weight excluding hydrogens is 188 g/mol. The largest absolute Gasteiger partial charge is 0.313 e. The van der Waals surface area contributed by atoms with Gasteiger partial charge in [0.2, 0.25) is 8.27 Å². The summed E-state index contributed by atoms with van der Waals surface area (Å²) in [7, 11) is 2.89. The molecule has 0 aliphatic carbocycles. The Morgan fingerprint density at radius 1 is 1.42 bits per heavy atom. The molecule has 0 fully saturated rings. The molecule has 3 atom stereocenters. The highest BCUT2D eigenvalue weighted by molar-refractivity contribution is 7.06. The number of hydrogen-bond donors (Lipinski definition) is 1. The average molecular weight is 209 g/mol. The van der Waals surface area contributed by atoms with Crippen molar-refractivity contribution < 1.29 is 0 Å². The predicted molar refractivity (Wildman–Crippen MR) is 59.0 cm³/mol. The Morgan fingerprint density at radius 3 is 2.25 bits per heavy atom. The molecule has 0 heterocycles. The van der Waals surface area contributed by atoms with Crippen molar-refractivity contribution in [3.8, 4) is 0 Å². The Bertz CT molecular complexity index is 122. The van der Waals surface area contributed by atoms with E-state index in [1.807, 2.05) is 0 Å². The maximum absolute atomic E-state index is 6.27. The van der Waals surface area contributed by atoms with Crippen molar-refractivity contribution in [3.63, 3.8) is 0 Å². The van der Waals surface area contributed by atoms with Crippen molar-refractivity contribution in [2.24, 2.45) is 0 Å². The number of rotatable bonds is 5. The third-order valence-corrected chi connectivity index (χ3v) is 6.26. The van der Waals surface area contributed by atoms with Gasteiger partial charge in [-0.05, 0) is 26.6 Å². The first-order valence-corrected chi connectivity index (χ1v) is 7.54. The van der Waals surface area contributed by atoms with Gasteiger partial charge in [-0.2, -0.15) is 11.1 Å². The normalized spacial score (nSPS) is 19.2. The standard InChI is InChI=1S/C8H21ClN2Si/c1-6-7(2)12(9)10-8(3)11(4)5/h7-8,10,12H,6H2,1-5H3. The van der Waals surface area contributed by atoms with Crippen molar-refractivity contribution in [3.05, 3.63) is 0 Å². The molecule has 3 unspecified atom stereocenters. The summed E-state index contributed by atoms with van der Waals surface area (Å²) >= 11 is 6.27. The Kier molecular flexibility index (Phi) is 6.18. The zero-order valence-electron chi connectivity index (χ0n) is 8.76. The van der Waals surface area contributed by atoms with Gasteiger partial charge < -0.3 is 4.98 Å². The summed E-state index contributed by atoms with van der Waals surface area (Å²) in [4.78, 5) is 5.60. The van der Waals surface area contributed by atoms with Gasteiger partial charge in [0.25, 0.3) is 0 Å². The summed E-state index contributed by atoms with van der Waals surface area (Å²) < 4.78 is 0. The zero-order chi connectivity index (χ0) is 9.72. The molecule has 1 N–H and O–H groups in total. The highest BCUT2D eigenvalue weighted by atomic mass is 35.6. The molecule has 0 aromatic carbocycles. The van der Waals surface area contributed by atoms with E-state index in [0.29, 0.717) is 11.7 Å². The predicted octanol–water partition coefficient (Wildman–Crippen LogP) is 1.74. The second kappa shape index (κ2) is 5.97. The van der Waals surface area contributed by atoms with E-state index >= 15 is 0 Å². The second-order valence-electron chi connectivity index (χ2n) is 3.59. The molecule has 0 aliphatic heterocycles. The van der Waals surface area contributed by atoms with Crippen LogP contribution in [0.1, 0.15) is 27.2 Å². The van der Waals surface area contributed by atoms with Gasteiger partial charge in [0.1, 0.15) is 0 Å². The van der Waals surface area contributed by atoms with Crippen LogP contribution in [0.5, 0.6) is 0 Å². The second-order valence-corrected chi connectivity index (χ2v) is 7.28. The summed E-state index contributed by atoms with van der Waals surface area (Å²) in [5, 5.41) is 0. The maximum atomic E-state index is 6.27. The van der Waals surface area contributed by atoms with Crippen LogP contribution in [0.25, 0.3) is 0 Å². The molecule has 0 radical (unpaired) electrons. The van der Waals surface area contributed by atoms with Gasteiger partial charge in [-0.25, -0.2) is 0 Å². The van der Waals surface area contributed by atoms with Crippen molar-refractivity contribution in [2.75, 3.05) is 14.1 Å². The average Bonchev–Trinajstić information content (AvgIpc) is 2.02. The van der Waals surface area contributed by atoms with Crippen molar-refractivity contribution in [1.82, 2.24) is 9.88 Å². The van der Waals surface area contributed by atoms with Gasteiger partial charge >= 0.3 is 0 Å². The van der Waals surface area contributed by atoms with Gasteiger partial charge in [0.05, 0.1) is 6.17 Å². The molecule has 74 valence electrons. The first-order chi connectivity index (χ1) is 5.49. The minimum absolute atomic E-state index is 0.396. The molecule has 12 heavy (non-hydrogen) atoms. The number of halogens is 1. The fraction of sp³-hybridized carbons (Fsp3) is 1.00. The number of nitrogens with zero attached hydrogens (tertiary/aromatic N) is 1. The van der Waals surface area contributed by atoms with Gasteiger partial charge in [-0.15, -0.1) is 0 Å². The highest BCUT2D eigenvalue weighted by Crippen LogP contribution is 2.14. The molecule has 0 spiro atoms. The lowest BCUT2D eigenvalue weighted by molar-refractivity contribution is 0.299. The van der Waals surface area contributed by atoms with Crippen LogP contribution in [0.15, 0.2) is 0 Å². The lowest BCUT2D eigenvalue weighted by atomic mass is 10.4. The molecule has 0 amide bonds. The lowest BCUT2D eigenvalue weighted by Crippen LogP contribution is -2.46. The first kappa shape index (κ1) is 12.4. The molecule has 0 aromatic heterocycles. The zero-order valence-corrected chi connectivity index (χ0v) is 10.7. The summed E-state index contributed by atoms with van der Waals surface area (Å²) in [5.74, 6) is 0. The van der Waals surface area contributed by atoms with Gasteiger partial charge in [0.15, 0.2) is 0 Å². The lowest BCUT2D eigenvalue weighted by Gasteiger charge is -2.26. The Morgan fingerprint density at radius 2 is 1.92 bits per heavy atom. The van der Waals surface area contributed by atoms with E-state index in [4.69, 9.17) is 11.1 Å². The molecule has 2 nitrogen and oxygen atoms in total. The van der Waals surface area contributed by atoms with E-state index in [1.165, 1.54) is 6.42 Å². The maximum Gasteiger partial charge on any atom is 0.215 e. The van der Waals surface area contributed by atoms with Crippen LogP contribution in [0, 0.1) is 0 Å². The quantitative estimate of drug-likeness (QED) is 0.421. The van der Waals surface area contributed by atoms with E-state index in [9.17, 15) is 0 Å². The van der Waals surface area contributed by atoms with Gasteiger partial charge in [-0.1, -0.05) is 20.3 Å². The van der Waals surface area contributed by atoms with Crippen LogP contribution in [0.2, 0.25) is 5.54 Å². The summed E-state index contributed by atoms with van der Waals surface area (Å²) in [6.45, 7) is 6.55. The van der Waals surface area contributed by atoms with Crippen LogP contribution in [-0.4, -0.2) is 33.4 Å². The van der Waals surface area contributed by atoms with E-state index in [1.54, 1.807) is 0 Å². The van der Waals surface area contributed by atoms with E-state index in [-0.39, 0.29) is 0 Å². The number of hydrogen-bond acceptors (Lipinski definition) is 2. The monoisotopic (exact) mass is 208 g/mol. The topological polar surface area (TPSA) is 15.3 Å². The minimum atomic E-state index is -1.23. The minimum Gasteiger partial charge on any atom is -0.313 e. The van der Waals surface area contributed by atoms with E-state index in [0.717, 1.165) is 0 Å². The SMILES string of the molecule is CCC(C)[SiH](Cl)NC(C)N(C)C. The van der Waals surface area contributed by atoms with Crippen LogP contribution in [-0.2, 0) is 0 Å². The van der Waals surface area contributed by atoms with Crippen LogP contribution in [0.4, 0.5) is 0 Å². The van der Waals surface area contributed by atoms with Crippen molar-refractivity contribution in [2.45, 2.75) is 38.9 Å². The third kappa shape index (κ3) is 4.45. The molecule has 0 rings (SSSR count). The van der Waals surface area contributed by atoms with Gasteiger partial charge in [-0.3, -0.25) is 4.90 Å². The van der Waals surface area contributed by atoms with Crippen molar-refractivity contribution >= 4 is 19.3 Å². The Balaban J connectivity index is 3.75. The molecule has 0 aliphatic rings. The molecular formula is C8H21ClN2Si. The number of nitrogens with one attached hydrogen (secondary N) is 1. The molecule has 0 bridgehead atoms. The first-order valence-electron chi connectivity index (χ1n) is 4.55. The summed E-state index contributed by atoms with van der Waals surface area (Å²) in [6, 6.07) is 0. The molecule has 4 heteroatoms. The Labute approximate surface area is 82.7 Å². The Hall–Kier alpha value is 0.427. The van der Waals surface area contributed by atoms with Crippen LogP contribution in [0.3, 0.4) is 0 Å². The van der Waals surface area contributed by atoms with Crippen LogP contribution >= 0.6 is 11.1 Å². The molecule has 0 saturated heterocycles. The molecule has 0 aromatic rings. The van der Waals surface area contributed by atoms with Gasteiger partial charge in [0, 0.05) is 0 Å². The van der Waals surface area contributed by atoms with E-state index < -0.39 is 8.27 Å². The summed E-state index contributed by atoms with van der Waals surface area (Å²) in [5.41, 5.74) is 0.661. The van der Waals surface area contributed by atoms with Crippen LogP contribution < -0.4 is 4.98 Å². The third-order valence-electron chi connectivity index (χ3n) is 2.32. The molecule has 0 saturated carbocycles. The highest BCUT2D eigenvalue weighted by Gasteiger charge is 2.17. The summed E-state index contributed by atoms with van der Waals surface area (Å²) in [6.07, 6.45) is 1.57.